The Labute approximate surface area is 183 Å². The quantitative estimate of drug-likeness (QED) is 0.522. The molecule has 1 amide bonds. The van der Waals surface area contributed by atoms with Crippen molar-refractivity contribution in [2.75, 3.05) is 5.32 Å². The number of thioether (sulfide) groups is 1. The average molecular weight is 423 g/mol. The molecule has 0 saturated heterocycles. The Kier molecular flexibility index (Phi) is 6.36. The molecule has 2 heterocycles. The Bertz CT molecular complexity index is 996. The van der Waals surface area contributed by atoms with E-state index < -0.39 is 0 Å². The van der Waals surface area contributed by atoms with Crippen LogP contribution in [-0.4, -0.2) is 20.7 Å². The van der Waals surface area contributed by atoms with Gasteiger partial charge < -0.3 is 5.32 Å². The molecule has 0 atom stereocenters. The van der Waals surface area contributed by atoms with Crippen LogP contribution in [0.25, 0.3) is 0 Å². The van der Waals surface area contributed by atoms with Crippen LogP contribution in [0.3, 0.4) is 0 Å². The van der Waals surface area contributed by atoms with Crippen molar-refractivity contribution in [2.45, 2.75) is 63.1 Å². The summed E-state index contributed by atoms with van der Waals surface area (Å²) in [6.45, 7) is 12.6. The molecule has 1 aromatic carbocycles. The zero-order valence-corrected chi connectivity index (χ0v) is 19.4. The van der Waals surface area contributed by atoms with Crippen molar-refractivity contribution >= 4 is 23.5 Å². The Balaban J connectivity index is 1.72. The molecule has 0 aliphatic carbocycles. The summed E-state index contributed by atoms with van der Waals surface area (Å²) in [5.41, 5.74) is 2.42. The van der Waals surface area contributed by atoms with E-state index in [-0.39, 0.29) is 16.9 Å². The highest BCUT2D eigenvalue weighted by Crippen LogP contribution is 2.29. The first-order valence-corrected chi connectivity index (χ1v) is 11.1. The largest absolute Gasteiger partial charge is 0.307 e. The number of rotatable bonds is 5. The Morgan fingerprint density at radius 1 is 1.07 bits per heavy atom. The summed E-state index contributed by atoms with van der Waals surface area (Å²) in [6.07, 6.45) is 3.65. The minimum Gasteiger partial charge on any atom is -0.307 e. The third kappa shape index (κ3) is 5.51. The number of nitrogens with zero attached hydrogens (tertiary/aromatic N) is 3. The average Bonchev–Trinajstić information content (AvgIpc) is 3.12. The number of aromatic nitrogens is 3. The second kappa shape index (κ2) is 8.64. The van der Waals surface area contributed by atoms with E-state index in [2.05, 4.69) is 57.9 Å². The Morgan fingerprint density at radius 3 is 2.33 bits per heavy atom. The maximum Gasteiger partial charge on any atom is 0.256 e. The number of amides is 1. The third-order valence-corrected chi connectivity index (χ3v) is 5.68. The zero-order chi connectivity index (χ0) is 21.9. The van der Waals surface area contributed by atoms with E-state index in [1.807, 2.05) is 47.3 Å². The van der Waals surface area contributed by atoms with Crippen molar-refractivity contribution < 1.29 is 4.79 Å². The summed E-state index contributed by atoms with van der Waals surface area (Å²) < 4.78 is 1.89. The van der Waals surface area contributed by atoms with Gasteiger partial charge in [0.2, 0.25) is 0 Å². The SMILES string of the molecule is CC(C)(C)c1cc(NC(=O)c2ccc(SCc3cccnc3)cc2)n(C(C)(C)C)n1. The molecule has 0 radical (unpaired) electrons. The molecule has 3 rings (SSSR count). The number of hydrogen-bond acceptors (Lipinski definition) is 4. The molecular weight excluding hydrogens is 392 g/mol. The molecular formula is C24H30N4OS. The van der Waals surface area contributed by atoms with E-state index in [1.54, 1.807) is 18.0 Å². The molecule has 6 heteroatoms. The lowest BCUT2D eigenvalue weighted by molar-refractivity contribution is 0.102. The second-order valence-corrected chi connectivity index (χ2v) is 10.4. The van der Waals surface area contributed by atoms with Crippen molar-refractivity contribution in [3.63, 3.8) is 0 Å². The van der Waals surface area contributed by atoms with Gasteiger partial charge in [-0.1, -0.05) is 26.8 Å². The first-order chi connectivity index (χ1) is 14.0. The summed E-state index contributed by atoms with van der Waals surface area (Å²) in [4.78, 5) is 18.1. The standard InChI is InChI=1S/C24H30N4OS/c1-23(2,3)20-14-21(28(27-20)24(4,5)6)26-22(29)18-9-11-19(12-10-18)30-16-17-8-7-13-25-15-17/h7-15H,16H2,1-6H3,(H,26,29). The molecule has 0 fully saturated rings. The minimum absolute atomic E-state index is 0.0941. The maximum atomic E-state index is 12.9. The lowest BCUT2D eigenvalue weighted by atomic mass is 9.92. The lowest BCUT2D eigenvalue weighted by Gasteiger charge is -2.23. The van der Waals surface area contributed by atoms with Gasteiger partial charge >= 0.3 is 0 Å². The van der Waals surface area contributed by atoms with Gasteiger partial charge in [0.1, 0.15) is 5.82 Å². The van der Waals surface area contributed by atoms with Crippen LogP contribution in [0.4, 0.5) is 5.82 Å². The highest BCUT2D eigenvalue weighted by molar-refractivity contribution is 7.98. The number of nitrogens with one attached hydrogen (secondary N) is 1. The van der Waals surface area contributed by atoms with Crippen molar-refractivity contribution in [1.82, 2.24) is 14.8 Å². The summed E-state index contributed by atoms with van der Waals surface area (Å²) in [7, 11) is 0. The topological polar surface area (TPSA) is 59.8 Å². The van der Waals surface area contributed by atoms with Crippen LogP contribution in [0, 0.1) is 0 Å². The number of hydrogen-bond donors (Lipinski definition) is 1. The van der Waals surface area contributed by atoms with E-state index in [0.717, 1.165) is 16.3 Å². The minimum atomic E-state index is -0.237. The molecule has 0 unspecified atom stereocenters. The number of carbonyl (C=O) groups excluding carboxylic acids is 1. The zero-order valence-electron chi connectivity index (χ0n) is 18.6. The number of carbonyl (C=O) groups is 1. The number of benzene rings is 1. The van der Waals surface area contributed by atoms with Crippen molar-refractivity contribution in [3.8, 4) is 0 Å². The fraction of sp³-hybridized carbons (Fsp3) is 0.375. The fourth-order valence-electron chi connectivity index (χ4n) is 2.89. The van der Waals surface area contributed by atoms with Gasteiger partial charge in [-0.15, -0.1) is 11.8 Å². The molecule has 0 aliphatic heterocycles. The van der Waals surface area contributed by atoms with Gasteiger partial charge in [-0.2, -0.15) is 5.10 Å². The second-order valence-electron chi connectivity index (χ2n) is 9.38. The van der Waals surface area contributed by atoms with Crippen LogP contribution in [0.1, 0.15) is 63.2 Å². The van der Waals surface area contributed by atoms with Crippen LogP contribution in [-0.2, 0) is 16.7 Å². The van der Waals surface area contributed by atoms with Crippen LogP contribution < -0.4 is 5.32 Å². The summed E-state index contributed by atoms with van der Waals surface area (Å²) in [5.74, 6) is 1.43. The summed E-state index contributed by atoms with van der Waals surface area (Å²) in [5, 5.41) is 7.81. The first kappa shape index (κ1) is 22.1. The smallest absolute Gasteiger partial charge is 0.256 e. The van der Waals surface area contributed by atoms with E-state index in [4.69, 9.17) is 5.10 Å². The maximum absolute atomic E-state index is 12.9. The predicted molar refractivity (Wildman–Crippen MR) is 124 cm³/mol. The van der Waals surface area contributed by atoms with Gasteiger partial charge in [0.05, 0.1) is 11.2 Å². The van der Waals surface area contributed by atoms with E-state index in [1.165, 1.54) is 5.56 Å². The Hall–Kier alpha value is -2.60. The van der Waals surface area contributed by atoms with E-state index in [0.29, 0.717) is 11.4 Å². The molecule has 0 bridgehead atoms. The lowest BCUT2D eigenvalue weighted by Crippen LogP contribution is -2.27. The van der Waals surface area contributed by atoms with Crippen molar-refractivity contribution in [3.05, 3.63) is 71.7 Å². The molecule has 0 saturated carbocycles. The number of pyridine rings is 1. The van der Waals surface area contributed by atoms with Gasteiger partial charge in [0.15, 0.2) is 0 Å². The highest BCUT2D eigenvalue weighted by Gasteiger charge is 2.26. The van der Waals surface area contributed by atoms with Gasteiger partial charge in [0.25, 0.3) is 5.91 Å². The summed E-state index contributed by atoms with van der Waals surface area (Å²) >= 11 is 1.72. The molecule has 1 N–H and O–H groups in total. The van der Waals surface area contributed by atoms with Crippen LogP contribution >= 0.6 is 11.8 Å². The molecule has 158 valence electrons. The highest BCUT2D eigenvalue weighted by atomic mass is 32.2. The van der Waals surface area contributed by atoms with Crippen molar-refractivity contribution in [1.29, 1.82) is 0 Å². The molecule has 0 aliphatic rings. The first-order valence-electron chi connectivity index (χ1n) is 10.1. The van der Waals surface area contributed by atoms with Crippen LogP contribution in [0.5, 0.6) is 0 Å². The monoisotopic (exact) mass is 422 g/mol. The van der Waals surface area contributed by atoms with Gasteiger partial charge in [-0.3, -0.25) is 9.78 Å². The predicted octanol–water partition coefficient (Wildman–Crippen LogP) is 5.88. The van der Waals surface area contributed by atoms with Gasteiger partial charge in [-0.05, 0) is 56.7 Å². The molecule has 0 spiro atoms. The normalized spacial score (nSPS) is 12.1. The van der Waals surface area contributed by atoms with Crippen molar-refractivity contribution in [2.24, 2.45) is 0 Å². The molecule has 5 nitrogen and oxygen atoms in total. The van der Waals surface area contributed by atoms with E-state index in [9.17, 15) is 4.79 Å². The third-order valence-electron chi connectivity index (χ3n) is 4.60. The van der Waals surface area contributed by atoms with Crippen LogP contribution in [0.2, 0.25) is 0 Å². The molecule has 30 heavy (non-hydrogen) atoms. The van der Waals surface area contributed by atoms with Gasteiger partial charge in [0, 0.05) is 40.1 Å². The number of anilines is 1. The van der Waals surface area contributed by atoms with Crippen LogP contribution in [0.15, 0.2) is 59.8 Å². The summed E-state index contributed by atoms with van der Waals surface area (Å²) in [6, 6.07) is 13.7. The van der Waals surface area contributed by atoms with E-state index >= 15 is 0 Å². The van der Waals surface area contributed by atoms with Gasteiger partial charge in [-0.25, -0.2) is 4.68 Å². The molecule has 3 aromatic rings. The molecule has 2 aromatic heterocycles. The fourth-order valence-corrected chi connectivity index (χ4v) is 3.72. The Morgan fingerprint density at radius 2 is 1.77 bits per heavy atom.